The molecule has 0 spiro atoms. The van der Waals surface area contributed by atoms with Gasteiger partial charge in [-0.3, -0.25) is 13.9 Å². The van der Waals surface area contributed by atoms with Crippen LogP contribution >= 0.6 is 0 Å². The molecule has 0 saturated heterocycles. The predicted octanol–water partition coefficient (Wildman–Crippen LogP) is 4.06. The zero-order valence-electron chi connectivity index (χ0n) is 20.1. The van der Waals surface area contributed by atoms with Gasteiger partial charge < -0.3 is 10.6 Å². The zero-order valence-corrected chi connectivity index (χ0v) is 20.9. The number of nitrogens with zero attached hydrogens (tertiary/aromatic N) is 3. The van der Waals surface area contributed by atoms with Gasteiger partial charge in [-0.25, -0.2) is 28.3 Å². The van der Waals surface area contributed by atoms with Crippen LogP contribution in [0.5, 0.6) is 0 Å². The number of rotatable bonds is 10. The number of carbonyl (C=O) groups excluding carboxylic acids is 1. The summed E-state index contributed by atoms with van der Waals surface area (Å²) in [5, 5.41) is 6.15. The van der Waals surface area contributed by atoms with Crippen LogP contribution in [0.2, 0.25) is 0 Å². The molecule has 2 heterocycles. The average molecular weight is 515 g/mol. The van der Waals surface area contributed by atoms with Crippen molar-refractivity contribution in [1.82, 2.24) is 15.4 Å². The summed E-state index contributed by atoms with van der Waals surface area (Å²) in [6.45, 7) is 2.00. The highest BCUT2D eigenvalue weighted by molar-refractivity contribution is 7.92. The normalized spacial score (nSPS) is 13.2. The molecule has 0 bridgehead atoms. The maximum absolute atomic E-state index is 13.2. The lowest BCUT2D eigenvalue weighted by atomic mass is 10.1. The Hall–Kier alpha value is -3.77. The summed E-state index contributed by atoms with van der Waals surface area (Å²) in [7, 11) is -2.07. The summed E-state index contributed by atoms with van der Waals surface area (Å²) in [6.07, 6.45) is 5.67. The fourth-order valence-electron chi connectivity index (χ4n) is 3.49. The summed E-state index contributed by atoms with van der Waals surface area (Å²) >= 11 is 0. The Morgan fingerprint density at radius 2 is 1.83 bits per heavy atom. The summed E-state index contributed by atoms with van der Waals surface area (Å²) in [5.41, 5.74) is 4.84. The van der Waals surface area contributed by atoms with E-state index in [1.807, 2.05) is 12.1 Å². The van der Waals surface area contributed by atoms with E-state index in [0.717, 1.165) is 30.9 Å². The summed E-state index contributed by atoms with van der Waals surface area (Å²) in [6, 6.07) is 9.88. The molecule has 0 unspecified atom stereocenters. The first-order valence-electron chi connectivity index (χ1n) is 11.3. The molecule has 0 aliphatic heterocycles. The minimum atomic E-state index is -3.55. The standard InChI is InChI=1S/C24H27FN6O4S/c1-4-35-30-24(32)18-14-27-23(29-22-10-8-17(25)13-26-22)12-20(18)28-19-9-7-16(15-5-6-15)11-21(19)31(2)36(3,33)34/h7-15H,4-6H2,1-3H3,(H,30,32)(H2,26,27,28,29). The number of sulfonamides is 1. The van der Waals surface area contributed by atoms with Gasteiger partial charge in [0.25, 0.3) is 5.91 Å². The molecular formula is C24H27FN6O4S. The largest absolute Gasteiger partial charge is 0.353 e. The Morgan fingerprint density at radius 1 is 1.08 bits per heavy atom. The fraction of sp³-hybridized carbons (Fsp3) is 0.292. The van der Waals surface area contributed by atoms with Crippen molar-refractivity contribution < 1.29 is 22.4 Å². The van der Waals surface area contributed by atoms with Gasteiger partial charge in [0.1, 0.15) is 17.5 Å². The maximum atomic E-state index is 13.2. The Morgan fingerprint density at radius 3 is 2.47 bits per heavy atom. The highest BCUT2D eigenvalue weighted by Gasteiger charge is 2.26. The number of aromatic nitrogens is 2. The van der Waals surface area contributed by atoms with Crippen LogP contribution in [0.1, 0.15) is 41.6 Å². The van der Waals surface area contributed by atoms with Crippen LogP contribution in [0.3, 0.4) is 0 Å². The van der Waals surface area contributed by atoms with E-state index in [1.54, 1.807) is 19.1 Å². The minimum absolute atomic E-state index is 0.167. The topological polar surface area (TPSA) is 126 Å². The molecule has 1 aromatic carbocycles. The number of hydrogen-bond donors (Lipinski definition) is 3. The third-order valence-electron chi connectivity index (χ3n) is 5.62. The molecule has 1 aliphatic rings. The van der Waals surface area contributed by atoms with Crippen molar-refractivity contribution >= 4 is 44.6 Å². The molecule has 2 aromatic heterocycles. The minimum Gasteiger partial charge on any atom is -0.353 e. The highest BCUT2D eigenvalue weighted by Crippen LogP contribution is 2.43. The number of pyridine rings is 2. The van der Waals surface area contributed by atoms with E-state index in [1.165, 1.54) is 29.7 Å². The van der Waals surface area contributed by atoms with Crippen molar-refractivity contribution in [2.45, 2.75) is 25.7 Å². The molecule has 190 valence electrons. The molecule has 0 radical (unpaired) electrons. The van der Waals surface area contributed by atoms with E-state index in [-0.39, 0.29) is 12.2 Å². The lowest BCUT2D eigenvalue weighted by Crippen LogP contribution is -2.26. The van der Waals surface area contributed by atoms with E-state index in [9.17, 15) is 17.6 Å². The molecule has 12 heteroatoms. The Kier molecular flexibility index (Phi) is 7.36. The number of carbonyl (C=O) groups is 1. The van der Waals surface area contributed by atoms with Gasteiger partial charge in [0.05, 0.1) is 41.7 Å². The van der Waals surface area contributed by atoms with Crippen LogP contribution in [0.4, 0.5) is 33.1 Å². The summed E-state index contributed by atoms with van der Waals surface area (Å²) in [5.74, 6) is 0.0879. The van der Waals surface area contributed by atoms with Crippen molar-refractivity contribution in [3.63, 3.8) is 0 Å². The first-order chi connectivity index (χ1) is 17.2. The van der Waals surface area contributed by atoms with Crippen LogP contribution in [0.25, 0.3) is 0 Å². The molecule has 10 nitrogen and oxygen atoms in total. The van der Waals surface area contributed by atoms with Crippen LogP contribution in [0, 0.1) is 5.82 Å². The Balaban J connectivity index is 1.73. The molecule has 1 fully saturated rings. The Labute approximate surface area is 208 Å². The molecule has 3 N–H and O–H groups in total. The van der Waals surface area contributed by atoms with Crippen LogP contribution in [-0.2, 0) is 14.9 Å². The second kappa shape index (κ2) is 10.5. The quantitative estimate of drug-likeness (QED) is 0.346. The van der Waals surface area contributed by atoms with E-state index in [0.29, 0.717) is 34.6 Å². The van der Waals surface area contributed by atoms with E-state index in [2.05, 4.69) is 26.1 Å². The molecular weight excluding hydrogens is 487 g/mol. The van der Waals surface area contributed by atoms with Crippen molar-refractivity contribution in [1.29, 1.82) is 0 Å². The predicted molar refractivity (Wildman–Crippen MR) is 136 cm³/mol. The van der Waals surface area contributed by atoms with Gasteiger partial charge in [-0.15, -0.1) is 0 Å². The summed E-state index contributed by atoms with van der Waals surface area (Å²) < 4.78 is 39.2. The van der Waals surface area contributed by atoms with Crippen molar-refractivity contribution in [3.05, 3.63) is 65.7 Å². The molecule has 1 aliphatic carbocycles. The molecule has 36 heavy (non-hydrogen) atoms. The van der Waals surface area contributed by atoms with Gasteiger partial charge in [-0.2, -0.15) is 0 Å². The van der Waals surface area contributed by atoms with Crippen LogP contribution in [-0.4, -0.2) is 44.2 Å². The first-order valence-corrected chi connectivity index (χ1v) is 13.2. The smallest absolute Gasteiger partial charge is 0.278 e. The lowest BCUT2D eigenvalue weighted by Gasteiger charge is -2.23. The maximum Gasteiger partial charge on any atom is 0.278 e. The highest BCUT2D eigenvalue weighted by atomic mass is 32.2. The first kappa shape index (κ1) is 25.3. The number of nitrogens with one attached hydrogen (secondary N) is 3. The Bertz CT molecular complexity index is 1360. The number of halogens is 1. The zero-order chi connectivity index (χ0) is 25.9. The van der Waals surface area contributed by atoms with Gasteiger partial charge >= 0.3 is 0 Å². The van der Waals surface area contributed by atoms with Gasteiger partial charge in [-0.05, 0) is 55.5 Å². The van der Waals surface area contributed by atoms with E-state index < -0.39 is 21.7 Å². The monoisotopic (exact) mass is 514 g/mol. The van der Waals surface area contributed by atoms with Gasteiger partial charge in [0.15, 0.2) is 0 Å². The third kappa shape index (κ3) is 6.07. The van der Waals surface area contributed by atoms with E-state index in [4.69, 9.17) is 4.84 Å². The number of hydroxylamine groups is 1. The number of benzene rings is 1. The average Bonchev–Trinajstić information content (AvgIpc) is 3.69. The van der Waals surface area contributed by atoms with Crippen molar-refractivity contribution in [2.75, 3.05) is 34.8 Å². The van der Waals surface area contributed by atoms with Crippen LogP contribution < -0.4 is 20.4 Å². The van der Waals surface area contributed by atoms with Gasteiger partial charge in [0, 0.05) is 19.3 Å². The molecule has 4 rings (SSSR count). The third-order valence-corrected chi connectivity index (χ3v) is 6.81. The van der Waals surface area contributed by atoms with Gasteiger partial charge in [-0.1, -0.05) is 6.07 Å². The number of hydrogen-bond acceptors (Lipinski definition) is 8. The molecule has 1 saturated carbocycles. The number of anilines is 5. The van der Waals surface area contributed by atoms with Gasteiger partial charge in [0.2, 0.25) is 10.0 Å². The molecule has 0 atom stereocenters. The molecule has 3 aromatic rings. The lowest BCUT2D eigenvalue weighted by molar-refractivity contribution is 0.0365. The second-order valence-corrected chi connectivity index (χ2v) is 10.4. The van der Waals surface area contributed by atoms with E-state index >= 15 is 0 Å². The SMILES string of the molecule is CCONC(=O)c1cnc(Nc2ccc(F)cn2)cc1Nc1ccc(C2CC2)cc1N(C)S(C)(=O)=O. The van der Waals surface area contributed by atoms with Crippen molar-refractivity contribution in [3.8, 4) is 0 Å². The van der Waals surface area contributed by atoms with Crippen LogP contribution in [0.15, 0.2) is 48.8 Å². The van der Waals surface area contributed by atoms with Crippen molar-refractivity contribution in [2.24, 2.45) is 0 Å². The molecule has 1 amide bonds. The second-order valence-electron chi connectivity index (χ2n) is 8.37. The number of amides is 1. The fourth-order valence-corrected chi connectivity index (χ4v) is 4.00. The summed E-state index contributed by atoms with van der Waals surface area (Å²) in [4.78, 5) is 26.0.